The summed E-state index contributed by atoms with van der Waals surface area (Å²) >= 11 is 0. The van der Waals surface area contributed by atoms with Gasteiger partial charge < -0.3 is 28.8 Å². The molecule has 8 nitrogen and oxygen atoms in total. The van der Waals surface area contributed by atoms with Crippen molar-refractivity contribution >= 4 is 13.7 Å². The van der Waals surface area contributed by atoms with Gasteiger partial charge in [0.05, 0.1) is 39.9 Å². The van der Waals surface area contributed by atoms with Crippen molar-refractivity contribution in [3.05, 3.63) is 24.3 Å². The summed E-state index contributed by atoms with van der Waals surface area (Å²) in [5.74, 6) is -0.202. The van der Waals surface area contributed by atoms with Crippen LogP contribution in [0, 0.1) is 0 Å². The number of carbonyl (C=O) groups excluding carboxylic acids is 1. The van der Waals surface area contributed by atoms with Gasteiger partial charge in [0.25, 0.3) is 7.82 Å². The number of quaternary nitrogens is 1. The molecule has 0 aromatic rings. The fraction of sp³-hybridized carbons (Fsp3) is 0.906. The van der Waals surface area contributed by atoms with Crippen molar-refractivity contribution in [3.63, 3.8) is 0 Å². The maximum absolute atomic E-state index is 12.9. The van der Waals surface area contributed by atoms with E-state index in [2.05, 4.69) is 31.3 Å². The first-order valence-corrected chi connectivity index (χ1v) is 28.2. The van der Waals surface area contributed by atoms with Gasteiger partial charge in [-0.2, -0.15) is 0 Å². The number of phosphoric ester groups is 1. The second-order valence-electron chi connectivity index (χ2n) is 19.6. The van der Waals surface area contributed by atoms with Crippen molar-refractivity contribution in [1.29, 1.82) is 0 Å². The van der Waals surface area contributed by atoms with Crippen molar-refractivity contribution in [1.82, 2.24) is 5.32 Å². The SMILES string of the molecule is CCCCCCCCCCCC/C=C/CC/C=C/C(O)C(COP(=O)([O-])OCC[N+](C)(C)C)NC(=O)CCCCCCCCCCCCCCCCCCCCCCCCCC. The first-order valence-electron chi connectivity index (χ1n) is 26.7. The Kier molecular flexibility index (Phi) is 44.4. The van der Waals surface area contributed by atoms with Gasteiger partial charge in [-0.3, -0.25) is 9.36 Å². The Morgan fingerprint density at radius 3 is 1.31 bits per heavy atom. The Bertz CT molecular complexity index is 1060. The standard InChI is InChI=1S/C53H105N2O6P/c1-6-8-10-12-14-16-18-20-22-24-25-26-27-28-29-30-31-33-35-37-39-41-43-45-47-53(57)54-51(50-61-62(58,59)60-49-48-55(3,4)5)52(56)46-44-42-40-38-36-34-32-23-21-19-17-15-13-11-9-7-2/h36,38,44,46,51-52,56H,6-35,37,39-43,45,47-50H2,1-5H3,(H-,54,57,58,59)/b38-36+,46-44+. The van der Waals surface area contributed by atoms with E-state index in [1.807, 2.05) is 27.2 Å². The molecule has 368 valence electrons. The van der Waals surface area contributed by atoms with E-state index < -0.39 is 20.0 Å². The summed E-state index contributed by atoms with van der Waals surface area (Å²) in [4.78, 5) is 25.4. The van der Waals surface area contributed by atoms with Gasteiger partial charge in [-0.25, -0.2) is 0 Å². The third-order valence-electron chi connectivity index (χ3n) is 12.2. The van der Waals surface area contributed by atoms with Crippen LogP contribution < -0.4 is 10.2 Å². The van der Waals surface area contributed by atoms with Gasteiger partial charge in [-0.15, -0.1) is 0 Å². The average Bonchev–Trinajstić information content (AvgIpc) is 3.23. The highest BCUT2D eigenvalue weighted by atomic mass is 31.2. The van der Waals surface area contributed by atoms with Crippen LogP contribution >= 0.6 is 7.82 Å². The van der Waals surface area contributed by atoms with Crippen LogP contribution in [0.25, 0.3) is 0 Å². The summed E-state index contributed by atoms with van der Waals surface area (Å²) in [5.41, 5.74) is 0. The minimum atomic E-state index is -4.60. The number of phosphoric acid groups is 1. The van der Waals surface area contributed by atoms with E-state index in [0.717, 1.165) is 38.5 Å². The van der Waals surface area contributed by atoms with Gasteiger partial charge in [0.2, 0.25) is 5.91 Å². The van der Waals surface area contributed by atoms with Crippen molar-refractivity contribution in [2.75, 3.05) is 40.9 Å². The largest absolute Gasteiger partial charge is 0.756 e. The number of amides is 1. The molecule has 0 saturated heterocycles. The Balaban J connectivity index is 4.23. The van der Waals surface area contributed by atoms with Crippen LogP contribution in [0.2, 0.25) is 0 Å². The fourth-order valence-corrected chi connectivity index (χ4v) is 8.66. The molecule has 0 rings (SSSR count). The Hall–Kier alpha value is -1.02. The zero-order valence-corrected chi connectivity index (χ0v) is 42.7. The Morgan fingerprint density at radius 2 is 0.903 bits per heavy atom. The van der Waals surface area contributed by atoms with Gasteiger partial charge in [-0.1, -0.05) is 244 Å². The summed E-state index contributed by atoms with van der Waals surface area (Å²) in [5, 5.41) is 13.8. The van der Waals surface area contributed by atoms with Gasteiger partial charge in [0, 0.05) is 6.42 Å². The molecule has 0 bridgehead atoms. The number of rotatable bonds is 49. The summed E-state index contributed by atoms with van der Waals surface area (Å²) in [6.07, 6.45) is 55.3. The highest BCUT2D eigenvalue weighted by molar-refractivity contribution is 7.45. The van der Waals surface area contributed by atoms with E-state index in [1.165, 1.54) is 199 Å². The molecule has 1 amide bonds. The van der Waals surface area contributed by atoms with Gasteiger partial charge >= 0.3 is 0 Å². The number of hydrogen-bond acceptors (Lipinski definition) is 6. The van der Waals surface area contributed by atoms with Crippen LogP contribution in [-0.4, -0.2) is 68.5 Å². The molecule has 0 heterocycles. The molecular formula is C53H105N2O6P. The zero-order chi connectivity index (χ0) is 45.7. The molecule has 3 atom stereocenters. The lowest BCUT2D eigenvalue weighted by molar-refractivity contribution is -0.870. The first kappa shape index (κ1) is 61.0. The van der Waals surface area contributed by atoms with E-state index in [-0.39, 0.29) is 19.1 Å². The second kappa shape index (κ2) is 45.1. The molecule has 0 aliphatic carbocycles. The minimum Gasteiger partial charge on any atom is -0.756 e. The molecular weight excluding hydrogens is 792 g/mol. The minimum absolute atomic E-state index is 0.00393. The second-order valence-corrected chi connectivity index (χ2v) is 21.0. The average molecular weight is 897 g/mol. The number of allylic oxidation sites excluding steroid dienone is 3. The summed E-state index contributed by atoms with van der Waals surface area (Å²) < 4.78 is 23.3. The van der Waals surface area contributed by atoms with E-state index in [4.69, 9.17) is 9.05 Å². The molecule has 0 radical (unpaired) electrons. The fourth-order valence-electron chi connectivity index (χ4n) is 7.94. The third kappa shape index (κ3) is 47.0. The molecule has 0 spiro atoms. The van der Waals surface area contributed by atoms with Crippen molar-refractivity contribution in [3.8, 4) is 0 Å². The highest BCUT2D eigenvalue weighted by Crippen LogP contribution is 2.38. The monoisotopic (exact) mass is 897 g/mol. The van der Waals surface area contributed by atoms with Crippen LogP contribution in [0.1, 0.15) is 258 Å². The molecule has 0 saturated carbocycles. The molecule has 0 aliphatic rings. The molecule has 9 heteroatoms. The number of nitrogens with one attached hydrogen (secondary N) is 1. The summed E-state index contributed by atoms with van der Waals surface area (Å²) in [6.45, 7) is 4.66. The number of carbonyl (C=O) groups is 1. The van der Waals surface area contributed by atoms with Crippen molar-refractivity contribution in [2.45, 2.75) is 270 Å². The number of hydrogen-bond donors (Lipinski definition) is 2. The van der Waals surface area contributed by atoms with Crippen LogP contribution in [0.5, 0.6) is 0 Å². The molecule has 0 aromatic carbocycles. The molecule has 2 N–H and O–H groups in total. The van der Waals surface area contributed by atoms with Gasteiger partial charge in [0.15, 0.2) is 0 Å². The molecule has 0 fully saturated rings. The lowest BCUT2D eigenvalue weighted by Gasteiger charge is -2.29. The molecule has 62 heavy (non-hydrogen) atoms. The number of aliphatic hydroxyl groups is 1. The normalized spacial score (nSPS) is 14.2. The number of aliphatic hydroxyl groups excluding tert-OH is 1. The molecule has 0 aromatic heterocycles. The van der Waals surface area contributed by atoms with E-state index in [0.29, 0.717) is 17.4 Å². The number of nitrogens with zero attached hydrogens (tertiary/aromatic N) is 1. The smallest absolute Gasteiger partial charge is 0.268 e. The Morgan fingerprint density at radius 1 is 0.548 bits per heavy atom. The summed E-state index contributed by atoms with van der Waals surface area (Å²) in [6, 6.07) is -0.899. The predicted octanol–water partition coefficient (Wildman–Crippen LogP) is 15.0. The topological polar surface area (TPSA) is 108 Å². The lowest BCUT2D eigenvalue weighted by Crippen LogP contribution is -2.45. The third-order valence-corrected chi connectivity index (χ3v) is 13.1. The quantitative estimate of drug-likeness (QED) is 0.0273. The number of unbranched alkanes of at least 4 members (excludes halogenated alkanes) is 34. The lowest BCUT2D eigenvalue weighted by atomic mass is 10.0. The highest BCUT2D eigenvalue weighted by Gasteiger charge is 2.23. The maximum Gasteiger partial charge on any atom is 0.268 e. The van der Waals surface area contributed by atoms with Crippen LogP contribution in [0.4, 0.5) is 0 Å². The number of likely N-dealkylation sites (N-methyl/N-ethyl adjacent to an activating group) is 1. The van der Waals surface area contributed by atoms with E-state index in [9.17, 15) is 19.4 Å². The first-order chi connectivity index (χ1) is 30.0. The van der Waals surface area contributed by atoms with E-state index >= 15 is 0 Å². The van der Waals surface area contributed by atoms with Gasteiger partial charge in [-0.05, 0) is 32.1 Å². The predicted molar refractivity (Wildman–Crippen MR) is 265 cm³/mol. The van der Waals surface area contributed by atoms with Crippen molar-refractivity contribution < 1.29 is 32.9 Å². The van der Waals surface area contributed by atoms with Gasteiger partial charge in [0.1, 0.15) is 13.2 Å². The zero-order valence-electron chi connectivity index (χ0n) is 41.8. The summed E-state index contributed by atoms with van der Waals surface area (Å²) in [7, 11) is 1.25. The maximum atomic E-state index is 12.9. The molecule has 3 unspecified atom stereocenters. The van der Waals surface area contributed by atoms with Crippen LogP contribution in [0.15, 0.2) is 24.3 Å². The van der Waals surface area contributed by atoms with Crippen molar-refractivity contribution in [2.24, 2.45) is 0 Å². The Labute approximate surface area is 385 Å². The van der Waals surface area contributed by atoms with Crippen LogP contribution in [-0.2, 0) is 18.4 Å². The van der Waals surface area contributed by atoms with E-state index in [1.54, 1.807) is 6.08 Å². The molecule has 0 aliphatic heterocycles. The van der Waals surface area contributed by atoms with Crippen LogP contribution in [0.3, 0.4) is 0 Å².